The van der Waals surface area contributed by atoms with Gasteiger partial charge in [-0.2, -0.15) is 0 Å². The summed E-state index contributed by atoms with van der Waals surface area (Å²) in [7, 11) is 0. The molecule has 1 unspecified atom stereocenters. The normalized spacial score (nSPS) is 11.7. The molecule has 0 rings (SSSR count). The van der Waals surface area contributed by atoms with E-state index >= 15 is 0 Å². The zero-order chi connectivity index (χ0) is 30.7. The van der Waals surface area contributed by atoms with Crippen molar-refractivity contribution in [1.82, 2.24) is 0 Å². The first-order valence-electron chi connectivity index (χ1n) is 18.2. The molecule has 41 heavy (non-hydrogen) atoms. The van der Waals surface area contributed by atoms with Crippen molar-refractivity contribution in [2.45, 2.75) is 206 Å². The highest BCUT2D eigenvalue weighted by Gasteiger charge is 2.13. The molecule has 0 radical (unpaired) electrons. The molecule has 1 amide bonds. The Bertz CT molecular complexity index is 527. The van der Waals surface area contributed by atoms with E-state index in [9.17, 15) is 9.59 Å². The van der Waals surface area contributed by atoms with Crippen molar-refractivity contribution in [2.24, 2.45) is 17.4 Å². The van der Waals surface area contributed by atoms with Crippen LogP contribution >= 0.6 is 0 Å². The lowest BCUT2D eigenvalue weighted by atomic mass is 9.96. The average molecular weight is 583 g/mol. The van der Waals surface area contributed by atoms with E-state index in [-0.39, 0.29) is 11.8 Å². The van der Waals surface area contributed by atoms with Crippen LogP contribution in [0.2, 0.25) is 0 Å². The lowest BCUT2D eigenvalue weighted by Gasteiger charge is -2.11. The summed E-state index contributed by atoms with van der Waals surface area (Å²) in [4.78, 5) is 21.5. The standard InChI is InChI=1S/C20H42N2O.C16H32O2/c1-2-3-4-5-6-7-8-9-10-11-12-13-14-15-16-19(17-18-21)20(22)23;1-2-3-4-5-6-7-8-9-10-11-12-13-14-15-16(17)18/h19H,2-18,21H2,1H3,(H2,22,23);2-15H2,1H3,(H,17,18). The summed E-state index contributed by atoms with van der Waals surface area (Å²) in [6, 6.07) is 0. The molecule has 0 aliphatic carbocycles. The van der Waals surface area contributed by atoms with E-state index in [0.29, 0.717) is 13.0 Å². The van der Waals surface area contributed by atoms with Gasteiger partial charge in [-0.15, -0.1) is 0 Å². The predicted molar refractivity (Wildman–Crippen MR) is 179 cm³/mol. The average Bonchev–Trinajstić information content (AvgIpc) is 2.95. The van der Waals surface area contributed by atoms with Gasteiger partial charge >= 0.3 is 5.97 Å². The van der Waals surface area contributed by atoms with Gasteiger partial charge in [-0.3, -0.25) is 9.59 Å². The molecule has 0 aromatic rings. The van der Waals surface area contributed by atoms with Crippen molar-refractivity contribution in [1.29, 1.82) is 0 Å². The molecule has 5 nitrogen and oxygen atoms in total. The maximum absolute atomic E-state index is 11.2. The number of primary amides is 1. The Kier molecular flexibility index (Phi) is 37.9. The molecule has 0 saturated carbocycles. The Morgan fingerprint density at radius 1 is 0.488 bits per heavy atom. The van der Waals surface area contributed by atoms with Crippen molar-refractivity contribution >= 4 is 11.9 Å². The number of carbonyl (C=O) groups is 2. The van der Waals surface area contributed by atoms with Gasteiger partial charge in [0.2, 0.25) is 5.91 Å². The summed E-state index contributed by atoms with van der Waals surface area (Å²) in [6.45, 7) is 5.10. The van der Waals surface area contributed by atoms with Crippen LogP contribution in [0.4, 0.5) is 0 Å². The van der Waals surface area contributed by atoms with Gasteiger partial charge in [-0.25, -0.2) is 0 Å². The minimum atomic E-state index is -0.655. The van der Waals surface area contributed by atoms with Crippen LogP contribution < -0.4 is 11.5 Å². The van der Waals surface area contributed by atoms with Crippen LogP contribution in [0.15, 0.2) is 0 Å². The Balaban J connectivity index is 0. The molecular weight excluding hydrogens is 508 g/mol. The molecule has 0 aromatic heterocycles. The molecule has 246 valence electrons. The van der Waals surface area contributed by atoms with Gasteiger partial charge < -0.3 is 16.6 Å². The minimum absolute atomic E-state index is 0.00248. The van der Waals surface area contributed by atoms with Gasteiger partial charge in [-0.1, -0.05) is 181 Å². The summed E-state index contributed by atoms with van der Waals surface area (Å²) < 4.78 is 0. The van der Waals surface area contributed by atoms with Gasteiger partial charge in [0.15, 0.2) is 0 Å². The quantitative estimate of drug-likeness (QED) is 0.0685. The SMILES string of the molecule is CCCCCCCCCCCCCCCC(=O)O.CCCCCCCCCCCCCCCCC(CCN)C(N)=O. The number of carboxylic acids is 1. The number of unbranched alkanes of at least 4 members (excludes halogenated alkanes) is 25. The van der Waals surface area contributed by atoms with Gasteiger partial charge in [0.1, 0.15) is 0 Å². The van der Waals surface area contributed by atoms with Crippen LogP contribution in [0.5, 0.6) is 0 Å². The fraction of sp³-hybridized carbons (Fsp3) is 0.944. The molecule has 0 aromatic carbocycles. The molecule has 0 fully saturated rings. The maximum atomic E-state index is 11.2. The van der Waals surface area contributed by atoms with Crippen LogP contribution in [0.1, 0.15) is 206 Å². The van der Waals surface area contributed by atoms with Gasteiger partial charge in [0, 0.05) is 12.3 Å². The second-order valence-electron chi connectivity index (χ2n) is 12.4. The Hall–Kier alpha value is -1.10. The molecule has 0 aliphatic rings. The van der Waals surface area contributed by atoms with Crippen molar-refractivity contribution in [2.75, 3.05) is 6.54 Å². The fourth-order valence-electron chi connectivity index (χ4n) is 5.51. The number of carboxylic acid groups (broad SMARTS) is 1. The number of nitrogens with two attached hydrogens (primary N) is 2. The predicted octanol–water partition coefficient (Wildman–Crippen LogP) is 10.9. The number of hydrogen-bond donors (Lipinski definition) is 3. The van der Waals surface area contributed by atoms with Crippen molar-refractivity contribution in [3.63, 3.8) is 0 Å². The molecule has 0 heterocycles. The molecular formula is C36H74N2O3. The number of hydrogen-bond acceptors (Lipinski definition) is 3. The van der Waals surface area contributed by atoms with E-state index in [1.54, 1.807) is 0 Å². The van der Waals surface area contributed by atoms with E-state index < -0.39 is 5.97 Å². The van der Waals surface area contributed by atoms with Crippen LogP contribution in [0.25, 0.3) is 0 Å². The van der Waals surface area contributed by atoms with E-state index in [2.05, 4.69) is 13.8 Å². The second-order valence-corrected chi connectivity index (χ2v) is 12.4. The molecule has 5 heteroatoms. The highest BCUT2D eigenvalue weighted by Crippen LogP contribution is 2.16. The van der Waals surface area contributed by atoms with E-state index in [4.69, 9.17) is 16.6 Å². The highest BCUT2D eigenvalue weighted by molar-refractivity contribution is 5.76. The first-order valence-corrected chi connectivity index (χ1v) is 18.2. The molecule has 0 aliphatic heterocycles. The summed E-state index contributed by atoms with van der Waals surface area (Å²) in [5.41, 5.74) is 10.9. The zero-order valence-corrected chi connectivity index (χ0v) is 27.9. The Morgan fingerprint density at radius 2 is 0.780 bits per heavy atom. The number of rotatable bonds is 32. The van der Waals surface area contributed by atoms with E-state index in [1.165, 1.54) is 154 Å². The zero-order valence-electron chi connectivity index (χ0n) is 27.9. The topological polar surface area (TPSA) is 106 Å². The highest BCUT2D eigenvalue weighted by atomic mass is 16.4. The van der Waals surface area contributed by atoms with Crippen LogP contribution in [0.3, 0.4) is 0 Å². The molecule has 0 saturated heterocycles. The third-order valence-electron chi connectivity index (χ3n) is 8.32. The lowest BCUT2D eigenvalue weighted by molar-refractivity contribution is -0.137. The third-order valence-corrected chi connectivity index (χ3v) is 8.32. The number of aliphatic carboxylic acids is 1. The first-order chi connectivity index (χ1) is 20.0. The van der Waals surface area contributed by atoms with Gasteiger partial charge in [0.05, 0.1) is 0 Å². The summed E-state index contributed by atoms with van der Waals surface area (Å²) >= 11 is 0. The van der Waals surface area contributed by atoms with Crippen molar-refractivity contribution in [3.05, 3.63) is 0 Å². The molecule has 1 atom stereocenters. The van der Waals surface area contributed by atoms with Crippen molar-refractivity contribution in [3.8, 4) is 0 Å². The smallest absolute Gasteiger partial charge is 0.303 e. The summed E-state index contributed by atoms with van der Waals surface area (Å²) in [5.74, 6) is -0.833. The first kappa shape index (κ1) is 42.0. The van der Waals surface area contributed by atoms with Crippen LogP contribution in [0, 0.1) is 5.92 Å². The van der Waals surface area contributed by atoms with Crippen LogP contribution in [-0.4, -0.2) is 23.5 Å². The third kappa shape index (κ3) is 38.9. The monoisotopic (exact) mass is 583 g/mol. The maximum Gasteiger partial charge on any atom is 0.303 e. The van der Waals surface area contributed by atoms with E-state index in [0.717, 1.165) is 32.1 Å². The summed E-state index contributed by atoms with van der Waals surface area (Å²) in [6.07, 6.45) is 38.0. The van der Waals surface area contributed by atoms with Gasteiger partial charge in [-0.05, 0) is 25.8 Å². The Labute approximate surface area is 256 Å². The summed E-state index contributed by atoms with van der Waals surface area (Å²) in [5, 5.41) is 8.49. The number of amides is 1. The minimum Gasteiger partial charge on any atom is -0.481 e. The number of carbonyl (C=O) groups excluding carboxylic acids is 1. The van der Waals surface area contributed by atoms with Gasteiger partial charge in [0.25, 0.3) is 0 Å². The fourth-order valence-corrected chi connectivity index (χ4v) is 5.51. The second kappa shape index (κ2) is 36.9. The Morgan fingerprint density at radius 3 is 1.05 bits per heavy atom. The largest absolute Gasteiger partial charge is 0.481 e. The molecule has 0 spiro atoms. The molecule has 0 bridgehead atoms. The van der Waals surface area contributed by atoms with E-state index in [1.807, 2.05) is 0 Å². The van der Waals surface area contributed by atoms with Crippen LogP contribution in [-0.2, 0) is 9.59 Å². The lowest BCUT2D eigenvalue weighted by Crippen LogP contribution is -2.25. The molecule has 5 N–H and O–H groups in total. The van der Waals surface area contributed by atoms with Crippen molar-refractivity contribution < 1.29 is 14.7 Å².